The van der Waals surface area contributed by atoms with Crippen molar-refractivity contribution in [2.75, 3.05) is 0 Å². The van der Waals surface area contributed by atoms with Crippen molar-refractivity contribution in [3.05, 3.63) is 48.5 Å². The van der Waals surface area contributed by atoms with Gasteiger partial charge in [0.15, 0.2) is 0 Å². The fraction of sp³-hybridized carbons (Fsp3) is 0. The lowest BCUT2D eigenvalue weighted by Crippen LogP contribution is -1.97. The van der Waals surface area contributed by atoms with Crippen LogP contribution in [0.1, 0.15) is 0 Å². The Balaban J connectivity index is 2.18. The van der Waals surface area contributed by atoms with Crippen LogP contribution in [-0.2, 0) is 10.1 Å². The first-order chi connectivity index (χ1) is 8.45. The van der Waals surface area contributed by atoms with E-state index in [0.29, 0.717) is 11.5 Å². The van der Waals surface area contributed by atoms with Gasteiger partial charge >= 0.3 is 0 Å². The molecule has 0 aliphatic carbocycles. The summed E-state index contributed by atoms with van der Waals surface area (Å²) >= 11 is 0. The van der Waals surface area contributed by atoms with Crippen molar-refractivity contribution in [1.29, 1.82) is 0 Å². The van der Waals surface area contributed by atoms with Gasteiger partial charge in [0.2, 0.25) is 0 Å². The largest absolute Gasteiger partial charge is 0.508 e. The predicted molar refractivity (Wildman–Crippen MR) is 64.4 cm³/mol. The molecule has 2 rings (SSSR count). The highest BCUT2D eigenvalue weighted by Crippen LogP contribution is 2.24. The lowest BCUT2D eigenvalue weighted by Gasteiger charge is -2.06. The minimum Gasteiger partial charge on any atom is -0.508 e. The number of benzene rings is 2. The van der Waals surface area contributed by atoms with Gasteiger partial charge < -0.3 is 9.84 Å². The second-order valence-corrected chi connectivity index (χ2v) is 4.96. The van der Waals surface area contributed by atoms with E-state index in [1.807, 2.05) is 0 Å². The summed E-state index contributed by atoms with van der Waals surface area (Å²) in [5, 5.41) is 9.10. The molecule has 0 saturated carbocycles. The first kappa shape index (κ1) is 12.4. The SMILES string of the molecule is O=S(=O)(O)c1ccc(Oc2ccc(O)cc2)cc1. The predicted octanol–water partition coefficient (Wildman–Crippen LogP) is 2.43. The van der Waals surface area contributed by atoms with E-state index >= 15 is 0 Å². The molecule has 0 bridgehead atoms. The first-order valence-electron chi connectivity index (χ1n) is 4.99. The van der Waals surface area contributed by atoms with E-state index < -0.39 is 10.1 Å². The maximum atomic E-state index is 10.8. The van der Waals surface area contributed by atoms with Crippen molar-refractivity contribution in [3.8, 4) is 17.2 Å². The van der Waals surface area contributed by atoms with Gasteiger partial charge in [0.25, 0.3) is 10.1 Å². The van der Waals surface area contributed by atoms with Crippen molar-refractivity contribution < 1.29 is 22.8 Å². The quantitative estimate of drug-likeness (QED) is 0.833. The molecule has 2 aromatic carbocycles. The fourth-order valence-corrected chi connectivity index (χ4v) is 1.81. The smallest absolute Gasteiger partial charge is 0.294 e. The number of rotatable bonds is 3. The molecule has 0 spiro atoms. The van der Waals surface area contributed by atoms with Crippen LogP contribution < -0.4 is 4.74 Å². The van der Waals surface area contributed by atoms with Crippen molar-refractivity contribution in [2.45, 2.75) is 4.90 Å². The molecule has 6 heteroatoms. The molecule has 2 aromatic rings. The normalized spacial score (nSPS) is 11.2. The van der Waals surface area contributed by atoms with Crippen LogP contribution in [0.15, 0.2) is 53.4 Å². The van der Waals surface area contributed by atoms with Crippen LogP contribution in [0.5, 0.6) is 17.2 Å². The molecule has 0 unspecified atom stereocenters. The topological polar surface area (TPSA) is 83.8 Å². The fourth-order valence-electron chi connectivity index (χ4n) is 1.33. The summed E-state index contributed by atoms with van der Waals surface area (Å²) in [5.74, 6) is 1.06. The van der Waals surface area contributed by atoms with Gasteiger partial charge in [-0.2, -0.15) is 8.42 Å². The third-order valence-electron chi connectivity index (χ3n) is 2.19. The van der Waals surface area contributed by atoms with Crippen LogP contribution in [0.2, 0.25) is 0 Å². The van der Waals surface area contributed by atoms with E-state index in [1.165, 1.54) is 36.4 Å². The number of hydrogen-bond acceptors (Lipinski definition) is 4. The molecule has 18 heavy (non-hydrogen) atoms. The Morgan fingerprint density at radius 2 is 1.28 bits per heavy atom. The Morgan fingerprint density at radius 1 is 0.833 bits per heavy atom. The van der Waals surface area contributed by atoms with Gasteiger partial charge in [0.1, 0.15) is 17.2 Å². The summed E-state index contributed by atoms with van der Waals surface area (Å²) < 4.78 is 35.9. The molecule has 0 aliphatic heterocycles. The summed E-state index contributed by atoms with van der Waals surface area (Å²) in [6, 6.07) is 11.4. The Kier molecular flexibility index (Phi) is 3.22. The summed E-state index contributed by atoms with van der Waals surface area (Å²) in [6.45, 7) is 0. The summed E-state index contributed by atoms with van der Waals surface area (Å²) in [7, 11) is -4.19. The molecular weight excluding hydrogens is 256 g/mol. The molecule has 0 aromatic heterocycles. The molecule has 0 aliphatic rings. The minimum absolute atomic E-state index is 0.129. The molecule has 94 valence electrons. The average molecular weight is 266 g/mol. The summed E-state index contributed by atoms with van der Waals surface area (Å²) in [5.41, 5.74) is 0. The van der Waals surface area contributed by atoms with Gasteiger partial charge in [-0.05, 0) is 48.5 Å². The van der Waals surface area contributed by atoms with E-state index in [2.05, 4.69) is 0 Å². The standard InChI is InChI=1S/C12H10O5S/c13-9-1-3-10(4-2-9)17-11-5-7-12(8-6-11)18(14,15)16/h1-8,13H,(H,14,15,16). The third-order valence-corrected chi connectivity index (χ3v) is 3.06. The van der Waals surface area contributed by atoms with Gasteiger partial charge in [0, 0.05) is 0 Å². The number of hydrogen-bond donors (Lipinski definition) is 2. The molecule has 0 radical (unpaired) electrons. The van der Waals surface area contributed by atoms with Crippen molar-refractivity contribution in [2.24, 2.45) is 0 Å². The molecule has 0 heterocycles. The van der Waals surface area contributed by atoms with E-state index in [0.717, 1.165) is 0 Å². The zero-order valence-electron chi connectivity index (χ0n) is 9.15. The second kappa shape index (κ2) is 4.67. The number of phenolic OH excluding ortho intramolecular Hbond substituents is 1. The van der Waals surface area contributed by atoms with E-state index in [1.54, 1.807) is 12.1 Å². The van der Waals surface area contributed by atoms with Crippen LogP contribution >= 0.6 is 0 Å². The zero-order chi connectivity index (χ0) is 13.2. The summed E-state index contributed by atoms with van der Waals surface area (Å²) in [6.07, 6.45) is 0. The van der Waals surface area contributed by atoms with Crippen LogP contribution in [0.25, 0.3) is 0 Å². The number of aromatic hydroxyl groups is 1. The Hall–Kier alpha value is -2.05. The monoisotopic (exact) mass is 266 g/mol. The van der Waals surface area contributed by atoms with Crippen LogP contribution in [0.4, 0.5) is 0 Å². The molecule has 0 saturated heterocycles. The van der Waals surface area contributed by atoms with Crippen molar-refractivity contribution in [3.63, 3.8) is 0 Å². The lowest BCUT2D eigenvalue weighted by atomic mass is 10.3. The highest BCUT2D eigenvalue weighted by molar-refractivity contribution is 7.85. The van der Waals surface area contributed by atoms with Gasteiger partial charge in [-0.15, -0.1) is 0 Å². The number of ether oxygens (including phenoxy) is 1. The van der Waals surface area contributed by atoms with E-state index in [-0.39, 0.29) is 10.6 Å². The summed E-state index contributed by atoms with van der Waals surface area (Å²) in [4.78, 5) is -0.194. The molecular formula is C12H10O5S. The molecule has 0 fully saturated rings. The van der Waals surface area contributed by atoms with Gasteiger partial charge in [-0.1, -0.05) is 0 Å². The lowest BCUT2D eigenvalue weighted by molar-refractivity contribution is 0.463. The van der Waals surface area contributed by atoms with E-state index in [4.69, 9.17) is 14.4 Å². The first-order valence-corrected chi connectivity index (χ1v) is 6.43. The molecule has 0 atom stereocenters. The maximum Gasteiger partial charge on any atom is 0.294 e. The Labute approximate surface area is 104 Å². The maximum absolute atomic E-state index is 10.8. The van der Waals surface area contributed by atoms with Crippen LogP contribution in [0.3, 0.4) is 0 Å². The minimum atomic E-state index is -4.19. The molecule has 0 amide bonds. The average Bonchev–Trinajstić information content (AvgIpc) is 2.32. The molecule has 2 N–H and O–H groups in total. The highest BCUT2D eigenvalue weighted by Gasteiger charge is 2.08. The van der Waals surface area contributed by atoms with Gasteiger partial charge in [-0.25, -0.2) is 0 Å². The highest BCUT2D eigenvalue weighted by atomic mass is 32.2. The molecule has 5 nitrogen and oxygen atoms in total. The van der Waals surface area contributed by atoms with Crippen LogP contribution in [-0.4, -0.2) is 18.1 Å². The van der Waals surface area contributed by atoms with Crippen LogP contribution in [0, 0.1) is 0 Å². The zero-order valence-corrected chi connectivity index (χ0v) is 9.96. The Morgan fingerprint density at radius 3 is 1.72 bits per heavy atom. The second-order valence-electron chi connectivity index (χ2n) is 3.54. The van der Waals surface area contributed by atoms with E-state index in [9.17, 15) is 8.42 Å². The third kappa shape index (κ3) is 2.99. The Bertz CT molecular complexity index is 629. The number of phenols is 1. The van der Waals surface area contributed by atoms with Gasteiger partial charge in [0.05, 0.1) is 4.90 Å². The van der Waals surface area contributed by atoms with Crippen molar-refractivity contribution >= 4 is 10.1 Å². The van der Waals surface area contributed by atoms with Gasteiger partial charge in [-0.3, -0.25) is 4.55 Å². The van der Waals surface area contributed by atoms with Crippen molar-refractivity contribution in [1.82, 2.24) is 0 Å².